The molecule has 3 rings (SSSR count). The Labute approximate surface area is 147 Å². The first kappa shape index (κ1) is 17.4. The number of carbonyl (C=O) groups excluding carboxylic acids is 1. The number of hydrogen-bond acceptors (Lipinski definition) is 5. The van der Waals surface area contributed by atoms with Gasteiger partial charge in [-0.3, -0.25) is 4.90 Å². The van der Waals surface area contributed by atoms with E-state index in [9.17, 15) is 4.79 Å². The van der Waals surface area contributed by atoms with Gasteiger partial charge in [-0.15, -0.1) is 0 Å². The first-order chi connectivity index (χ1) is 12.2. The lowest BCUT2D eigenvalue weighted by Crippen LogP contribution is -2.43. The second-order valence-corrected chi connectivity index (χ2v) is 6.11. The minimum Gasteiger partial charge on any atom is -0.379 e. The van der Waals surface area contributed by atoms with Gasteiger partial charge in [0.2, 0.25) is 0 Å². The molecular weight excluding hydrogens is 320 g/mol. The maximum absolute atomic E-state index is 11.8. The number of aromatic nitrogens is 1. The third-order valence-corrected chi connectivity index (χ3v) is 4.15. The number of nitrogens with one attached hydrogen (secondary N) is 2. The van der Waals surface area contributed by atoms with Gasteiger partial charge < -0.3 is 19.9 Å². The molecule has 1 aromatic heterocycles. The highest BCUT2D eigenvalue weighted by Gasteiger charge is 2.11. The van der Waals surface area contributed by atoms with Gasteiger partial charge in [-0.05, 0) is 6.92 Å². The Hall–Kier alpha value is -2.38. The molecule has 2 aromatic rings. The molecule has 0 radical (unpaired) electrons. The number of morpholine rings is 1. The summed E-state index contributed by atoms with van der Waals surface area (Å²) in [5.41, 5.74) is 2.96. The molecule has 0 unspecified atom stereocenters. The number of ether oxygens (including phenoxy) is 1. The van der Waals surface area contributed by atoms with Crippen LogP contribution in [0.25, 0.3) is 11.3 Å². The quantitative estimate of drug-likeness (QED) is 0.835. The molecule has 25 heavy (non-hydrogen) atoms. The van der Waals surface area contributed by atoms with Gasteiger partial charge in [-0.25, -0.2) is 4.79 Å². The lowest BCUT2D eigenvalue weighted by Gasteiger charge is -2.26. The van der Waals surface area contributed by atoms with Crippen molar-refractivity contribution >= 4 is 6.03 Å². The van der Waals surface area contributed by atoms with E-state index in [4.69, 9.17) is 9.26 Å². The molecule has 1 saturated heterocycles. The van der Waals surface area contributed by atoms with Crippen LogP contribution in [0.2, 0.25) is 0 Å². The van der Waals surface area contributed by atoms with Crippen LogP contribution in [-0.4, -0.2) is 55.5 Å². The van der Waals surface area contributed by atoms with Crippen LogP contribution in [0.5, 0.6) is 0 Å². The summed E-state index contributed by atoms with van der Waals surface area (Å²) >= 11 is 0. The Morgan fingerprint density at radius 1 is 1.20 bits per heavy atom. The zero-order valence-corrected chi connectivity index (χ0v) is 14.5. The predicted molar refractivity (Wildman–Crippen MR) is 94.2 cm³/mol. The zero-order chi connectivity index (χ0) is 17.5. The van der Waals surface area contributed by atoms with Crippen LogP contribution in [0.4, 0.5) is 4.79 Å². The number of benzene rings is 1. The highest BCUT2D eigenvalue weighted by atomic mass is 16.5. The zero-order valence-electron chi connectivity index (χ0n) is 14.5. The van der Waals surface area contributed by atoms with E-state index in [0.29, 0.717) is 18.8 Å². The molecule has 1 aliphatic heterocycles. The van der Waals surface area contributed by atoms with Crippen molar-refractivity contribution in [3.8, 4) is 11.3 Å². The molecule has 2 amide bonds. The molecule has 7 heteroatoms. The van der Waals surface area contributed by atoms with Crippen molar-refractivity contribution in [2.45, 2.75) is 13.5 Å². The molecule has 0 atom stereocenters. The fourth-order valence-electron chi connectivity index (χ4n) is 2.64. The highest BCUT2D eigenvalue weighted by molar-refractivity contribution is 5.73. The lowest BCUT2D eigenvalue weighted by atomic mass is 10.1. The van der Waals surface area contributed by atoms with Crippen LogP contribution in [0.1, 0.15) is 11.3 Å². The van der Waals surface area contributed by atoms with Crippen molar-refractivity contribution in [1.82, 2.24) is 20.7 Å². The van der Waals surface area contributed by atoms with E-state index in [0.717, 1.165) is 44.1 Å². The topological polar surface area (TPSA) is 79.6 Å². The van der Waals surface area contributed by atoms with Gasteiger partial charge >= 0.3 is 6.03 Å². The van der Waals surface area contributed by atoms with Crippen LogP contribution in [0.3, 0.4) is 0 Å². The largest absolute Gasteiger partial charge is 0.379 e. The predicted octanol–water partition coefficient (Wildman–Crippen LogP) is 1.78. The van der Waals surface area contributed by atoms with Crippen molar-refractivity contribution < 1.29 is 14.1 Å². The molecule has 0 spiro atoms. The maximum Gasteiger partial charge on any atom is 0.315 e. The van der Waals surface area contributed by atoms with Crippen LogP contribution < -0.4 is 10.6 Å². The van der Waals surface area contributed by atoms with Crippen LogP contribution in [-0.2, 0) is 11.3 Å². The Morgan fingerprint density at radius 2 is 1.96 bits per heavy atom. The normalized spacial score (nSPS) is 15.1. The molecule has 0 saturated carbocycles. The highest BCUT2D eigenvalue weighted by Crippen LogP contribution is 2.19. The van der Waals surface area contributed by atoms with Gasteiger partial charge in [0.15, 0.2) is 5.76 Å². The summed E-state index contributed by atoms with van der Waals surface area (Å²) in [6.45, 7) is 7.16. The third kappa shape index (κ3) is 5.30. The van der Waals surface area contributed by atoms with Gasteiger partial charge in [0.25, 0.3) is 0 Å². The maximum atomic E-state index is 11.8. The van der Waals surface area contributed by atoms with E-state index < -0.39 is 0 Å². The monoisotopic (exact) mass is 344 g/mol. The number of rotatable bonds is 6. The number of carbonyl (C=O) groups is 1. The molecular formula is C18H24N4O3. The van der Waals surface area contributed by atoms with E-state index >= 15 is 0 Å². The average molecular weight is 344 g/mol. The SMILES string of the molecule is Cc1ccc(-c2cc(CNC(=O)NCCN3CCOCC3)on2)cc1. The number of hydrogen-bond donors (Lipinski definition) is 2. The van der Waals surface area contributed by atoms with E-state index in [1.807, 2.05) is 37.3 Å². The summed E-state index contributed by atoms with van der Waals surface area (Å²) in [4.78, 5) is 14.1. The standard InChI is InChI=1S/C18H24N4O3/c1-14-2-4-15(5-3-14)17-12-16(25-21-17)13-20-18(23)19-6-7-22-8-10-24-11-9-22/h2-5,12H,6-11,13H2,1H3,(H2,19,20,23). The number of urea groups is 1. The van der Waals surface area contributed by atoms with Gasteiger partial charge in [0.1, 0.15) is 5.69 Å². The summed E-state index contributed by atoms with van der Waals surface area (Å²) in [7, 11) is 0. The Kier molecular flexibility index (Phi) is 6.03. The average Bonchev–Trinajstić information content (AvgIpc) is 3.10. The van der Waals surface area contributed by atoms with E-state index in [-0.39, 0.29) is 6.03 Å². The van der Waals surface area contributed by atoms with Crippen molar-refractivity contribution in [3.05, 3.63) is 41.7 Å². The van der Waals surface area contributed by atoms with Crippen molar-refractivity contribution in [3.63, 3.8) is 0 Å². The summed E-state index contributed by atoms with van der Waals surface area (Å²) in [5, 5.41) is 9.69. The van der Waals surface area contributed by atoms with E-state index in [1.165, 1.54) is 5.56 Å². The second kappa shape index (κ2) is 8.64. The minimum atomic E-state index is -0.207. The summed E-state index contributed by atoms with van der Waals surface area (Å²) in [5.74, 6) is 0.624. The molecule has 1 aromatic carbocycles. The van der Waals surface area contributed by atoms with Crippen molar-refractivity contribution in [1.29, 1.82) is 0 Å². The third-order valence-electron chi connectivity index (χ3n) is 4.15. The van der Waals surface area contributed by atoms with E-state index in [1.54, 1.807) is 0 Å². The first-order valence-corrected chi connectivity index (χ1v) is 8.55. The molecule has 0 bridgehead atoms. The summed E-state index contributed by atoms with van der Waals surface area (Å²) < 4.78 is 10.6. The van der Waals surface area contributed by atoms with Gasteiger partial charge in [-0.2, -0.15) is 0 Å². The van der Waals surface area contributed by atoms with Crippen LogP contribution in [0.15, 0.2) is 34.9 Å². The first-order valence-electron chi connectivity index (χ1n) is 8.55. The Balaban J connectivity index is 1.39. The molecule has 1 fully saturated rings. The van der Waals surface area contributed by atoms with Crippen molar-refractivity contribution in [2.75, 3.05) is 39.4 Å². The molecule has 2 N–H and O–H groups in total. The van der Waals surface area contributed by atoms with Gasteiger partial charge in [-0.1, -0.05) is 35.0 Å². The van der Waals surface area contributed by atoms with Gasteiger partial charge in [0.05, 0.1) is 19.8 Å². The smallest absolute Gasteiger partial charge is 0.315 e. The van der Waals surface area contributed by atoms with Crippen LogP contribution >= 0.6 is 0 Å². The Bertz CT molecular complexity index is 678. The Morgan fingerprint density at radius 3 is 2.72 bits per heavy atom. The molecule has 2 heterocycles. The second-order valence-electron chi connectivity index (χ2n) is 6.11. The number of aryl methyl sites for hydroxylation is 1. The van der Waals surface area contributed by atoms with Crippen LogP contribution in [0, 0.1) is 6.92 Å². The summed E-state index contributed by atoms with van der Waals surface area (Å²) in [6, 6.07) is 9.71. The summed E-state index contributed by atoms with van der Waals surface area (Å²) in [6.07, 6.45) is 0. The molecule has 134 valence electrons. The van der Waals surface area contributed by atoms with Crippen molar-refractivity contribution in [2.24, 2.45) is 0 Å². The fraction of sp³-hybridized carbons (Fsp3) is 0.444. The molecule has 7 nitrogen and oxygen atoms in total. The van der Waals surface area contributed by atoms with E-state index in [2.05, 4.69) is 20.7 Å². The lowest BCUT2D eigenvalue weighted by molar-refractivity contribution is 0.0387. The fourth-order valence-corrected chi connectivity index (χ4v) is 2.64. The van der Waals surface area contributed by atoms with Gasteiger partial charge in [0, 0.05) is 37.8 Å². The molecule has 1 aliphatic rings. The molecule has 0 aliphatic carbocycles. The number of nitrogens with zero attached hydrogens (tertiary/aromatic N) is 2. The minimum absolute atomic E-state index is 0.207. The number of amides is 2.